The molecule has 79 valence electrons. The molecule has 1 nitrogen and oxygen atoms in total. The highest BCUT2D eigenvalue weighted by Gasteiger charge is 1.99. The van der Waals surface area contributed by atoms with Crippen molar-refractivity contribution in [2.75, 3.05) is 0 Å². The summed E-state index contributed by atoms with van der Waals surface area (Å²) in [6.07, 6.45) is 11.5. The molecule has 0 rings (SSSR count). The maximum atomic E-state index is 5.89. The molecule has 0 aromatic heterocycles. The van der Waals surface area contributed by atoms with Crippen molar-refractivity contribution >= 4 is 0 Å². The normalized spacial score (nSPS) is 13.2. The molecule has 1 heteroatoms. The lowest BCUT2D eigenvalue weighted by Crippen LogP contribution is -2.18. The quantitative estimate of drug-likeness (QED) is 0.543. The van der Waals surface area contributed by atoms with Crippen molar-refractivity contribution < 1.29 is 0 Å². The third kappa shape index (κ3) is 9.88. The van der Waals surface area contributed by atoms with Gasteiger partial charge in [0.25, 0.3) is 0 Å². The van der Waals surface area contributed by atoms with Crippen LogP contribution in [0.4, 0.5) is 0 Å². The van der Waals surface area contributed by atoms with Gasteiger partial charge in [-0.3, -0.25) is 0 Å². The van der Waals surface area contributed by atoms with Crippen LogP contribution in [0.3, 0.4) is 0 Å². The first-order valence-corrected chi connectivity index (χ1v) is 5.86. The zero-order valence-corrected chi connectivity index (χ0v) is 9.23. The summed E-state index contributed by atoms with van der Waals surface area (Å²) in [6, 6.07) is 0.406. The van der Waals surface area contributed by atoms with Gasteiger partial charge >= 0.3 is 0 Å². The average Bonchev–Trinajstić information content (AvgIpc) is 2.11. The van der Waals surface area contributed by atoms with Gasteiger partial charge in [-0.25, -0.2) is 0 Å². The SMILES string of the molecule is [CH2]CCC(N)CCCCCCCC. The Bertz CT molecular complexity index is 91.1. The summed E-state index contributed by atoms with van der Waals surface area (Å²) in [5.74, 6) is 0. The van der Waals surface area contributed by atoms with Crippen molar-refractivity contribution in [3.8, 4) is 0 Å². The summed E-state index contributed by atoms with van der Waals surface area (Å²) in [5, 5.41) is 0. The van der Waals surface area contributed by atoms with E-state index in [1.54, 1.807) is 0 Å². The highest BCUT2D eigenvalue weighted by atomic mass is 14.6. The molecular weight excluding hydrogens is 158 g/mol. The molecular formula is C12H26N. The summed E-state index contributed by atoms with van der Waals surface area (Å²) in [6.45, 7) is 6.07. The van der Waals surface area contributed by atoms with Crippen LogP contribution in [0, 0.1) is 6.92 Å². The summed E-state index contributed by atoms with van der Waals surface area (Å²) >= 11 is 0. The fourth-order valence-electron chi connectivity index (χ4n) is 1.59. The highest BCUT2D eigenvalue weighted by Crippen LogP contribution is 2.09. The summed E-state index contributed by atoms with van der Waals surface area (Å²) in [5.41, 5.74) is 5.89. The van der Waals surface area contributed by atoms with Gasteiger partial charge in [0.1, 0.15) is 0 Å². The maximum Gasteiger partial charge on any atom is 0.00388 e. The molecule has 2 N–H and O–H groups in total. The minimum absolute atomic E-state index is 0.406. The average molecular weight is 184 g/mol. The first kappa shape index (κ1) is 13.0. The van der Waals surface area contributed by atoms with Crippen LogP contribution >= 0.6 is 0 Å². The van der Waals surface area contributed by atoms with Crippen molar-refractivity contribution in [3.05, 3.63) is 6.92 Å². The Morgan fingerprint density at radius 1 is 1.00 bits per heavy atom. The van der Waals surface area contributed by atoms with Crippen molar-refractivity contribution in [2.24, 2.45) is 5.73 Å². The van der Waals surface area contributed by atoms with E-state index in [1.807, 2.05) is 0 Å². The first-order valence-electron chi connectivity index (χ1n) is 5.86. The molecule has 13 heavy (non-hydrogen) atoms. The molecule has 1 atom stereocenters. The summed E-state index contributed by atoms with van der Waals surface area (Å²) < 4.78 is 0. The molecule has 0 bridgehead atoms. The fraction of sp³-hybridized carbons (Fsp3) is 0.917. The Kier molecular flexibility index (Phi) is 10.0. The minimum atomic E-state index is 0.406. The molecule has 0 heterocycles. The van der Waals surface area contributed by atoms with E-state index >= 15 is 0 Å². The molecule has 0 aromatic carbocycles. The van der Waals surface area contributed by atoms with Gasteiger partial charge in [-0.1, -0.05) is 58.8 Å². The van der Waals surface area contributed by atoms with Gasteiger partial charge < -0.3 is 5.73 Å². The predicted molar refractivity (Wildman–Crippen MR) is 60.6 cm³/mol. The number of unbranched alkanes of at least 4 members (excludes halogenated alkanes) is 5. The Morgan fingerprint density at radius 3 is 2.23 bits per heavy atom. The first-order chi connectivity index (χ1) is 6.31. The van der Waals surface area contributed by atoms with Gasteiger partial charge in [0.05, 0.1) is 0 Å². The number of hydrogen-bond acceptors (Lipinski definition) is 1. The Hall–Kier alpha value is -0.0400. The van der Waals surface area contributed by atoms with Gasteiger partial charge in [0.15, 0.2) is 0 Å². The lowest BCUT2D eigenvalue weighted by Gasteiger charge is -2.09. The molecule has 1 unspecified atom stereocenters. The molecule has 0 amide bonds. The Morgan fingerprint density at radius 2 is 1.62 bits per heavy atom. The zero-order valence-electron chi connectivity index (χ0n) is 9.23. The van der Waals surface area contributed by atoms with Crippen molar-refractivity contribution in [3.63, 3.8) is 0 Å². The summed E-state index contributed by atoms with van der Waals surface area (Å²) in [4.78, 5) is 0. The monoisotopic (exact) mass is 184 g/mol. The number of nitrogens with two attached hydrogens (primary N) is 1. The lowest BCUT2D eigenvalue weighted by molar-refractivity contribution is 0.515. The number of rotatable bonds is 9. The van der Waals surface area contributed by atoms with Crippen LogP contribution in [0.25, 0.3) is 0 Å². The van der Waals surface area contributed by atoms with Crippen LogP contribution in [-0.2, 0) is 0 Å². The van der Waals surface area contributed by atoms with Gasteiger partial charge in [-0.05, 0) is 12.8 Å². The van der Waals surface area contributed by atoms with Crippen molar-refractivity contribution in [1.82, 2.24) is 0 Å². The van der Waals surface area contributed by atoms with Gasteiger partial charge in [0.2, 0.25) is 0 Å². The second kappa shape index (κ2) is 10.0. The van der Waals surface area contributed by atoms with Crippen LogP contribution in [0.2, 0.25) is 0 Å². The molecule has 0 spiro atoms. The maximum absolute atomic E-state index is 5.89. The smallest absolute Gasteiger partial charge is 0.00388 e. The third-order valence-corrected chi connectivity index (χ3v) is 2.50. The molecule has 0 saturated heterocycles. The van der Waals surface area contributed by atoms with Gasteiger partial charge in [-0.15, -0.1) is 0 Å². The van der Waals surface area contributed by atoms with Crippen LogP contribution < -0.4 is 5.73 Å². The Balaban J connectivity index is 2.97. The van der Waals surface area contributed by atoms with E-state index < -0.39 is 0 Å². The number of hydrogen-bond donors (Lipinski definition) is 1. The van der Waals surface area contributed by atoms with E-state index in [4.69, 9.17) is 5.73 Å². The van der Waals surface area contributed by atoms with E-state index in [0.717, 1.165) is 12.8 Å². The molecule has 0 aliphatic heterocycles. The van der Waals surface area contributed by atoms with E-state index in [9.17, 15) is 0 Å². The lowest BCUT2D eigenvalue weighted by atomic mass is 10.0. The van der Waals surface area contributed by atoms with Crippen LogP contribution in [0.5, 0.6) is 0 Å². The van der Waals surface area contributed by atoms with Crippen molar-refractivity contribution in [1.29, 1.82) is 0 Å². The third-order valence-electron chi connectivity index (χ3n) is 2.50. The molecule has 0 saturated carbocycles. The summed E-state index contributed by atoms with van der Waals surface area (Å²) in [7, 11) is 0. The van der Waals surface area contributed by atoms with Crippen LogP contribution in [0.15, 0.2) is 0 Å². The minimum Gasteiger partial charge on any atom is -0.328 e. The second-order valence-electron chi connectivity index (χ2n) is 3.96. The standard InChI is InChI=1S/C12H26N/c1-3-5-6-7-8-9-11-12(13)10-4-2/h12H,2-11,13H2,1H3. The second-order valence-corrected chi connectivity index (χ2v) is 3.96. The van der Waals surface area contributed by atoms with Crippen LogP contribution in [0.1, 0.15) is 64.7 Å². The van der Waals surface area contributed by atoms with E-state index in [-0.39, 0.29) is 0 Å². The van der Waals surface area contributed by atoms with E-state index in [2.05, 4.69) is 13.8 Å². The largest absolute Gasteiger partial charge is 0.328 e. The molecule has 0 fully saturated rings. The van der Waals surface area contributed by atoms with Gasteiger partial charge in [-0.2, -0.15) is 0 Å². The highest BCUT2D eigenvalue weighted by molar-refractivity contribution is 4.61. The molecule has 0 aromatic rings. The molecule has 0 aliphatic carbocycles. The predicted octanol–water partition coefficient (Wildman–Crippen LogP) is 3.68. The van der Waals surface area contributed by atoms with Crippen LogP contribution in [-0.4, -0.2) is 6.04 Å². The van der Waals surface area contributed by atoms with E-state index in [0.29, 0.717) is 6.04 Å². The van der Waals surface area contributed by atoms with Gasteiger partial charge in [0, 0.05) is 6.04 Å². The topological polar surface area (TPSA) is 26.0 Å². The molecule has 0 aliphatic rings. The molecule has 1 radical (unpaired) electrons. The van der Waals surface area contributed by atoms with E-state index in [1.165, 1.54) is 44.9 Å². The Labute approximate surface area is 84.1 Å². The zero-order chi connectivity index (χ0) is 9.94. The van der Waals surface area contributed by atoms with Crippen molar-refractivity contribution in [2.45, 2.75) is 70.8 Å². The fourth-order valence-corrected chi connectivity index (χ4v) is 1.59.